The molecule has 0 aliphatic heterocycles. The molecule has 0 fully saturated rings. The average Bonchev–Trinajstić information content (AvgIpc) is 2.30. The molecular formula is C13H29NO3. The van der Waals surface area contributed by atoms with Crippen molar-refractivity contribution in [2.45, 2.75) is 33.3 Å². The molecule has 0 aromatic heterocycles. The Hall–Kier alpha value is -0.160. The maximum atomic E-state index is 5.72. The predicted octanol–water partition coefficient (Wildman–Crippen LogP) is 1.69. The summed E-state index contributed by atoms with van der Waals surface area (Å²) in [6.45, 7) is 11.1. The quantitative estimate of drug-likeness (QED) is 0.533. The lowest BCUT2D eigenvalue weighted by atomic mass is 10.2. The van der Waals surface area contributed by atoms with E-state index in [0.717, 1.165) is 19.5 Å². The van der Waals surface area contributed by atoms with Crippen LogP contribution < -0.4 is 5.32 Å². The van der Waals surface area contributed by atoms with Crippen LogP contribution >= 0.6 is 0 Å². The number of nitrogens with one attached hydrogen (secondary N) is 1. The lowest BCUT2D eigenvalue weighted by Crippen LogP contribution is -2.32. The van der Waals surface area contributed by atoms with Gasteiger partial charge in [-0.25, -0.2) is 0 Å². The van der Waals surface area contributed by atoms with Crippen molar-refractivity contribution >= 4 is 0 Å². The van der Waals surface area contributed by atoms with Gasteiger partial charge < -0.3 is 19.5 Å². The van der Waals surface area contributed by atoms with Crippen LogP contribution in [0.25, 0.3) is 0 Å². The largest absolute Gasteiger partial charge is 0.382 e. The third kappa shape index (κ3) is 12.1. The van der Waals surface area contributed by atoms with Crippen LogP contribution in [0.5, 0.6) is 0 Å². The minimum absolute atomic E-state index is 0.291. The fourth-order valence-corrected chi connectivity index (χ4v) is 1.37. The van der Waals surface area contributed by atoms with E-state index in [1.54, 1.807) is 7.11 Å². The highest BCUT2D eigenvalue weighted by Crippen LogP contribution is 1.97. The molecule has 1 unspecified atom stereocenters. The Kier molecular flexibility index (Phi) is 12.2. The summed E-state index contributed by atoms with van der Waals surface area (Å²) in [6.07, 6.45) is 1.32. The second-order valence-corrected chi connectivity index (χ2v) is 4.56. The zero-order chi connectivity index (χ0) is 12.9. The monoisotopic (exact) mass is 247 g/mol. The molecule has 104 valence electrons. The molecule has 0 radical (unpaired) electrons. The van der Waals surface area contributed by atoms with E-state index in [4.69, 9.17) is 14.2 Å². The van der Waals surface area contributed by atoms with Gasteiger partial charge in [-0.2, -0.15) is 0 Å². The van der Waals surface area contributed by atoms with Crippen molar-refractivity contribution in [3.8, 4) is 0 Å². The smallest absolute Gasteiger partial charge is 0.0704 e. The number of ether oxygens (including phenoxy) is 3. The Labute approximate surface area is 106 Å². The number of methoxy groups -OCH3 is 1. The first-order valence-corrected chi connectivity index (χ1v) is 6.59. The first-order chi connectivity index (χ1) is 8.20. The summed E-state index contributed by atoms with van der Waals surface area (Å²) < 4.78 is 16.0. The Balaban J connectivity index is 3.35. The van der Waals surface area contributed by atoms with Gasteiger partial charge in [-0.3, -0.25) is 0 Å². The summed E-state index contributed by atoms with van der Waals surface area (Å²) in [7, 11) is 1.67. The van der Waals surface area contributed by atoms with Gasteiger partial charge in [0.25, 0.3) is 0 Å². The fraction of sp³-hybridized carbons (Fsp3) is 1.00. The zero-order valence-corrected chi connectivity index (χ0v) is 11.8. The Morgan fingerprint density at radius 1 is 1.00 bits per heavy atom. The molecule has 1 N–H and O–H groups in total. The Morgan fingerprint density at radius 3 is 2.29 bits per heavy atom. The molecule has 0 aliphatic carbocycles. The van der Waals surface area contributed by atoms with Crippen molar-refractivity contribution in [3.63, 3.8) is 0 Å². The minimum atomic E-state index is 0.291. The van der Waals surface area contributed by atoms with Crippen molar-refractivity contribution in [3.05, 3.63) is 0 Å². The lowest BCUT2D eigenvalue weighted by Gasteiger charge is -2.17. The van der Waals surface area contributed by atoms with Crippen LogP contribution in [0.4, 0.5) is 0 Å². The fourth-order valence-electron chi connectivity index (χ4n) is 1.37. The predicted molar refractivity (Wildman–Crippen MR) is 70.4 cm³/mol. The Bertz CT molecular complexity index is 154. The first kappa shape index (κ1) is 16.8. The van der Waals surface area contributed by atoms with Gasteiger partial charge in [0.2, 0.25) is 0 Å². The van der Waals surface area contributed by atoms with E-state index in [1.807, 2.05) is 0 Å². The van der Waals surface area contributed by atoms with E-state index in [-0.39, 0.29) is 0 Å². The molecule has 17 heavy (non-hydrogen) atoms. The normalized spacial score (nSPS) is 13.2. The summed E-state index contributed by atoms with van der Waals surface area (Å²) >= 11 is 0. The van der Waals surface area contributed by atoms with Crippen LogP contribution in [-0.4, -0.2) is 52.7 Å². The Morgan fingerprint density at radius 2 is 1.71 bits per heavy atom. The third-order valence-electron chi connectivity index (χ3n) is 2.39. The van der Waals surface area contributed by atoms with Crippen LogP contribution in [0.15, 0.2) is 0 Å². The highest BCUT2D eigenvalue weighted by molar-refractivity contribution is 4.60. The van der Waals surface area contributed by atoms with E-state index in [9.17, 15) is 0 Å². The molecule has 0 heterocycles. The summed E-state index contributed by atoms with van der Waals surface area (Å²) in [5, 5.41) is 3.41. The van der Waals surface area contributed by atoms with Crippen molar-refractivity contribution < 1.29 is 14.2 Å². The third-order valence-corrected chi connectivity index (χ3v) is 2.39. The molecule has 4 nitrogen and oxygen atoms in total. The minimum Gasteiger partial charge on any atom is -0.382 e. The van der Waals surface area contributed by atoms with Crippen LogP contribution in [0.2, 0.25) is 0 Å². The maximum absolute atomic E-state index is 5.72. The second-order valence-electron chi connectivity index (χ2n) is 4.56. The summed E-state index contributed by atoms with van der Waals surface area (Å²) in [5.74, 6) is 0.685. The van der Waals surface area contributed by atoms with Crippen molar-refractivity contribution in [2.75, 3.05) is 46.6 Å². The summed E-state index contributed by atoms with van der Waals surface area (Å²) in [5.41, 5.74) is 0. The standard InChI is InChI=1S/C13H29NO3/c1-5-13(11-14-10-12(2)3)17-9-8-16-7-6-15-4/h12-14H,5-11H2,1-4H3. The number of hydrogen-bond acceptors (Lipinski definition) is 4. The molecule has 0 saturated heterocycles. The van der Waals surface area contributed by atoms with Gasteiger partial charge in [0, 0.05) is 13.7 Å². The SMILES string of the molecule is CCC(CNCC(C)C)OCCOCCOC. The molecule has 4 heteroatoms. The number of hydrogen-bond donors (Lipinski definition) is 1. The molecule has 0 aromatic carbocycles. The lowest BCUT2D eigenvalue weighted by molar-refractivity contribution is -0.00706. The zero-order valence-electron chi connectivity index (χ0n) is 11.8. The van der Waals surface area contributed by atoms with Gasteiger partial charge in [-0.05, 0) is 18.9 Å². The average molecular weight is 247 g/mol. The van der Waals surface area contributed by atoms with E-state index < -0.39 is 0 Å². The van der Waals surface area contributed by atoms with Gasteiger partial charge in [0.1, 0.15) is 0 Å². The summed E-state index contributed by atoms with van der Waals surface area (Å²) in [4.78, 5) is 0. The molecule has 0 rings (SSSR count). The molecule has 0 saturated carbocycles. The van der Waals surface area contributed by atoms with Crippen molar-refractivity contribution in [2.24, 2.45) is 5.92 Å². The van der Waals surface area contributed by atoms with Gasteiger partial charge in [0.05, 0.1) is 32.5 Å². The van der Waals surface area contributed by atoms with E-state index >= 15 is 0 Å². The molecule has 1 atom stereocenters. The molecule has 0 bridgehead atoms. The van der Waals surface area contributed by atoms with E-state index in [2.05, 4.69) is 26.1 Å². The molecule has 0 amide bonds. The number of rotatable bonds is 12. The van der Waals surface area contributed by atoms with Gasteiger partial charge in [-0.1, -0.05) is 20.8 Å². The van der Waals surface area contributed by atoms with Gasteiger partial charge >= 0.3 is 0 Å². The van der Waals surface area contributed by atoms with Gasteiger partial charge in [0.15, 0.2) is 0 Å². The topological polar surface area (TPSA) is 39.7 Å². The van der Waals surface area contributed by atoms with Gasteiger partial charge in [-0.15, -0.1) is 0 Å². The van der Waals surface area contributed by atoms with Crippen molar-refractivity contribution in [1.82, 2.24) is 5.32 Å². The summed E-state index contributed by atoms with van der Waals surface area (Å²) in [6, 6.07) is 0. The molecule has 0 aromatic rings. The second kappa shape index (κ2) is 12.3. The molecule has 0 aliphatic rings. The van der Waals surface area contributed by atoms with E-state index in [1.165, 1.54) is 0 Å². The molecule has 0 spiro atoms. The maximum Gasteiger partial charge on any atom is 0.0704 e. The van der Waals surface area contributed by atoms with Crippen molar-refractivity contribution in [1.29, 1.82) is 0 Å². The first-order valence-electron chi connectivity index (χ1n) is 6.59. The van der Waals surface area contributed by atoms with E-state index in [0.29, 0.717) is 38.4 Å². The highest BCUT2D eigenvalue weighted by atomic mass is 16.5. The van der Waals surface area contributed by atoms with Crippen LogP contribution in [0.1, 0.15) is 27.2 Å². The molecular weight excluding hydrogens is 218 g/mol. The highest BCUT2D eigenvalue weighted by Gasteiger charge is 2.06. The van der Waals surface area contributed by atoms with Crippen LogP contribution in [0, 0.1) is 5.92 Å². The van der Waals surface area contributed by atoms with Crippen LogP contribution in [-0.2, 0) is 14.2 Å². The van der Waals surface area contributed by atoms with Crippen LogP contribution in [0.3, 0.4) is 0 Å².